The van der Waals surface area contributed by atoms with Crippen LogP contribution in [-0.4, -0.2) is 51.1 Å². The molecule has 8 nitrogen and oxygen atoms in total. The monoisotopic (exact) mass is 428 g/mol. The number of pyridine rings is 2. The number of rotatable bonds is 5. The van der Waals surface area contributed by atoms with Crippen LogP contribution in [0, 0.1) is 23.2 Å². The molecule has 32 heavy (non-hydrogen) atoms. The number of ether oxygens (including phenoxy) is 1. The lowest BCUT2D eigenvalue weighted by atomic mass is 10.0. The summed E-state index contributed by atoms with van der Waals surface area (Å²) in [6.07, 6.45) is 7.81. The minimum Gasteiger partial charge on any atom is -0.488 e. The van der Waals surface area contributed by atoms with Crippen molar-refractivity contribution >= 4 is 17.2 Å². The van der Waals surface area contributed by atoms with Crippen LogP contribution in [-0.2, 0) is 4.79 Å². The molecular formula is C24H24N6O2. The molecule has 3 atom stereocenters. The zero-order valence-corrected chi connectivity index (χ0v) is 17.9. The van der Waals surface area contributed by atoms with Crippen molar-refractivity contribution in [3.8, 4) is 22.9 Å². The van der Waals surface area contributed by atoms with Gasteiger partial charge in [0, 0.05) is 48.7 Å². The van der Waals surface area contributed by atoms with Crippen LogP contribution in [0.15, 0.2) is 36.7 Å². The van der Waals surface area contributed by atoms with Gasteiger partial charge in [0.1, 0.15) is 23.6 Å². The number of hydrogen-bond donors (Lipinski definition) is 1. The Kier molecular flexibility index (Phi) is 4.40. The van der Waals surface area contributed by atoms with E-state index in [1.807, 2.05) is 24.4 Å². The van der Waals surface area contributed by atoms with E-state index in [-0.39, 0.29) is 17.9 Å². The van der Waals surface area contributed by atoms with Crippen molar-refractivity contribution in [2.45, 2.75) is 37.8 Å². The fourth-order valence-corrected chi connectivity index (χ4v) is 5.06. The second kappa shape index (κ2) is 7.31. The largest absolute Gasteiger partial charge is 0.488 e. The van der Waals surface area contributed by atoms with Gasteiger partial charge in [0.2, 0.25) is 5.91 Å². The molecule has 2 saturated carbocycles. The first-order valence-electron chi connectivity index (χ1n) is 11.1. The van der Waals surface area contributed by atoms with Crippen LogP contribution < -0.4 is 10.1 Å². The van der Waals surface area contributed by atoms with Crippen LogP contribution in [0.1, 0.15) is 31.4 Å². The third kappa shape index (κ3) is 3.39. The molecule has 1 amide bonds. The van der Waals surface area contributed by atoms with E-state index < -0.39 is 0 Å². The fourth-order valence-electron chi connectivity index (χ4n) is 5.06. The van der Waals surface area contributed by atoms with E-state index in [4.69, 9.17) is 4.74 Å². The van der Waals surface area contributed by atoms with Crippen LogP contribution in [0.5, 0.6) is 5.75 Å². The predicted octanol–water partition coefficient (Wildman–Crippen LogP) is 3.09. The van der Waals surface area contributed by atoms with E-state index in [1.165, 1.54) is 6.42 Å². The number of piperidine rings is 1. The summed E-state index contributed by atoms with van der Waals surface area (Å²) in [7, 11) is 2.18. The van der Waals surface area contributed by atoms with E-state index in [1.54, 1.807) is 16.8 Å². The zero-order valence-electron chi connectivity index (χ0n) is 17.9. The maximum atomic E-state index is 12.1. The number of carbonyl (C=O) groups excluding carboxylic acids is 1. The topological polar surface area (TPSA) is 95.6 Å². The van der Waals surface area contributed by atoms with Gasteiger partial charge in [-0.2, -0.15) is 10.4 Å². The molecule has 1 N–H and O–H groups in total. The number of nitrogens with zero attached hydrogens (tertiary/aromatic N) is 5. The van der Waals surface area contributed by atoms with Gasteiger partial charge in [0.05, 0.1) is 11.7 Å². The third-order valence-electron chi connectivity index (χ3n) is 6.98. The Morgan fingerprint density at radius 3 is 2.88 bits per heavy atom. The lowest BCUT2D eigenvalue weighted by molar-refractivity contribution is -0.117. The minimum atomic E-state index is 0.0358. The summed E-state index contributed by atoms with van der Waals surface area (Å²) in [5.74, 6) is 1.95. The molecule has 6 rings (SSSR count). The molecule has 162 valence electrons. The van der Waals surface area contributed by atoms with Gasteiger partial charge in [0.15, 0.2) is 5.82 Å². The van der Waals surface area contributed by atoms with Crippen LogP contribution >= 0.6 is 0 Å². The Morgan fingerprint density at radius 1 is 1.28 bits per heavy atom. The van der Waals surface area contributed by atoms with Crippen LogP contribution in [0.3, 0.4) is 0 Å². The Morgan fingerprint density at radius 2 is 2.16 bits per heavy atom. The molecule has 0 spiro atoms. The summed E-state index contributed by atoms with van der Waals surface area (Å²) in [6.45, 7) is 1.06. The van der Waals surface area contributed by atoms with Crippen molar-refractivity contribution in [1.29, 1.82) is 5.26 Å². The van der Waals surface area contributed by atoms with E-state index in [2.05, 4.69) is 33.4 Å². The van der Waals surface area contributed by atoms with Gasteiger partial charge in [-0.15, -0.1) is 0 Å². The standard InChI is InChI=1S/C24H24N6O2/c1-29-13-16-7-18(29)9-21(16)32-22-12-26-17(11-25)8-20(22)15-4-5-30-19(6-15)10-23(28-30)27-24(31)14-2-3-14/h4-6,8,10,12,14,16,18,21H,2-3,7,9,13H2,1H3,(H,27,28,31). The lowest BCUT2D eigenvalue weighted by Gasteiger charge is -2.29. The highest BCUT2D eigenvalue weighted by molar-refractivity contribution is 5.93. The molecule has 3 unspecified atom stereocenters. The van der Waals surface area contributed by atoms with Crippen molar-refractivity contribution in [3.63, 3.8) is 0 Å². The average molecular weight is 428 g/mol. The van der Waals surface area contributed by atoms with E-state index >= 15 is 0 Å². The molecule has 1 saturated heterocycles. The summed E-state index contributed by atoms with van der Waals surface area (Å²) in [4.78, 5) is 18.8. The number of amides is 1. The Hall–Kier alpha value is -3.44. The second-order valence-corrected chi connectivity index (χ2v) is 9.24. The number of fused-ring (bicyclic) bond motifs is 3. The van der Waals surface area contributed by atoms with Gasteiger partial charge < -0.3 is 15.0 Å². The van der Waals surface area contributed by atoms with Crippen molar-refractivity contribution < 1.29 is 9.53 Å². The first-order valence-corrected chi connectivity index (χ1v) is 11.1. The quantitative estimate of drug-likeness (QED) is 0.671. The molecule has 2 bridgehead atoms. The fraction of sp³-hybridized carbons (Fsp3) is 0.417. The molecule has 4 heterocycles. The van der Waals surface area contributed by atoms with Crippen molar-refractivity contribution in [2.24, 2.45) is 11.8 Å². The third-order valence-corrected chi connectivity index (χ3v) is 6.98. The van der Waals surface area contributed by atoms with Crippen molar-refractivity contribution in [2.75, 3.05) is 18.9 Å². The molecule has 1 aliphatic heterocycles. The van der Waals surface area contributed by atoms with E-state index in [0.717, 1.165) is 42.5 Å². The van der Waals surface area contributed by atoms with Gasteiger partial charge in [-0.05, 0) is 50.1 Å². The number of nitriles is 1. The summed E-state index contributed by atoms with van der Waals surface area (Å²) >= 11 is 0. The SMILES string of the molecule is CN1CC2CC1CC2Oc1cnc(C#N)cc1-c1ccn2nc(NC(=O)C3CC3)cc2c1. The molecular weight excluding hydrogens is 404 g/mol. The van der Waals surface area contributed by atoms with Crippen molar-refractivity contribution in [3.05, 3.63) is 42.4 Å². The van der Waals surface area contributed by atoms with Crippen LogP contribution in [0.2, 0.25) is 0 Å². The smallest absolute Gasteiger partial charge is 0.228 e. The number of anilines is 1. The normalized spacial score (nSPS) is 24.6. The Balaban J connectivity index is 1.31. The number of carbonyl (C=O) groups is 1. The maximum Gasteiger partial charge on any atom is 0.228 e. The zero-order chi connectivity index (χ0) is 21.8. The molecule has 3 aliphatic rings. The lowest BCUT2D eigenvalue weighted by Crippen LogP contribution is -2.37. The molecule has 3 aromatic heterocycles. The summed E-state index contributed by atoms with van der Waals surface area (Å²) in [6, 6.07) is 10.3. The van der Waals surface area contributed by atoms with Crippen LogP contribution in [0.4, 0.5) is 5.82 Å². The van der Waals surface area contributed by atoms with Crippen LogP contribution in [0.25, 0.3) is 16.6 Å². The summed E-state index contributed by atoms with van der Waals surface area (Å²) in [5, 5.41) is 16.7. The molecule has 3 fully saturated rings. The van der Waals surface area contributed by atoms with Gasteiger partial charge in [-0.1, -0.05) is 0 Å². The highest BCUT2D eigenvalue weighted by Gasteiger charge is 2.44. The van der Waals surface area contributed by atoms with Gasteiger partial charge in [0.25, 0.3) is 0 Å². The maximum absolute atomic E-state index is 12.1. The number of aromatic nitrogens is 3. The number of likely N-dealkylation sites (tertiary alicyclic amines) is 1. The van der Waals surface area contributed by atoms with Gasteiger partial charge in [-0.3, -0.25) is 4.79 Å². The van der Waals surface area contributed by atoms with E-state index in [9.17, 15) is 10.1 Å². The second-order valence-electron chi connectivity index (χ2n) is 9.24. The Labute approximate surface area is 185 Å². The molecule has 0 radical (unpaired) electrons. The predicted molar refractivity (Wildman–Crippen MR) is 118 cm³/mol. The van der Waals surface area contributed by atoms with Gasteiger partial charge >= 0.3 is 0 Å². The molecule has 0 aromatic carbocycles. The van der Waals surface area contributed by atoms with E-state index in [0.29, 0.717) is 29.2 Å². The highest BCUT2D eigenvalue weighted by Crippen LogP contribution is 2.41. The first-order chi connectivity index (χ1) is 15.6. The van der Waals surface area contributed by atoms with Gasteiger partial charge in [-0.25, -0.2) is 9.50 Å². The minimum absolute atomic E-state index is 0.0358. The summed E-state index contributed by atoms with van der Waals surface area (Å²) in [5.41, 5.74) is 2.98. The van der Waals surface area contributed by atoms with Crippen molar-refractivity contribution in [1.82, 2.24) is 19.5 Å². The summed E-state index contributed by atoms with van der Waals surface area (Å²) < 4.78 is 8.21. The number of hydrogen-bond acceptors (Lipinski definition) is 6. The Bertz CT molecular complexity index is 1260. The molecule has 2 aliphatic carbocycles. The molecule has 3 aromatic rings. The highest BCUT2D eigenvalue weighted by atomic mass is 16.5. The molecule has 8 heteroatoms. The number of nitrogens with one attached hydrogen (secondary N) is 1. The average Bonchev–Trinajstić information content (AvgIpc) is 3.33. The first kappa shape index (κ1) is 19.3.